The van der Waals surface area contributed by atoms with E-state index in [0.717, 1.165) is 10.0 Å². The maximum atomic E-state index is 12.2. The molecule has 0 fully saturated rings. The van der Waals surface area contributed by atoms with Crippen LogP contribution in [0.1, 0.15) is 21.5 Å². The minimum absolute atomic E-state index is 0.225. The first-order chi connectivity index (χ1) is 14.5. The van der Waals surface area contributed by atoms with Gasteiger partial charge in [-0.25, -0.2) is 10.2 Å². The second-order valence-corrected chi connectivity index (χ2v) is 7.18. The van der Waals surface area contributed by atoms with Crippen molar-refractivity contribution in [3.05, 3.63) is 94.0 Å². The van der Waals surface area contributed by atoms with Gasteiger partial charge in [0.25, 0.3) is 0 Å². The molecule has 0 heterocycles. The zero-order chi connectivity index (χ0) is 21.3. The van der Waals surface area contributed by atoms with E-state index in [9.17, 15) is 9.59 Å². The standard InChI is InChI=1S/C23H19BrN2O4/c1-29-21-13-17(9-12-20(21)30-23(28)18-5-3-2-4-6-18)15-25-26-22(27)14-16-7-10-19(24)11-8-16/h2-13,15H,14H2,1H3,(H,26,27). The summed E-state index contributed by atoms with van der Waals surface area (Å²) in [5.74, 6) is -0.0309. The van der Waals surface area contributed by atoms with Crippen LogP contribution in [0.15, 0.2) is 82.4 Å². The van der Waals surface area contributed by atoms with Crippen molar-refractivity contribution in [2.75, 3.05) is 7.11 Å². The Hall–Kier alpha value is -3.45. The van der Waals surface area contributed by atoms with Gasteiger partial charge in [0.2, 0.25) is 5.91 Å². The summed E-state index contributed by atoms with van der Waals surface area (Å²) in [7, 11) is 1.48. The average molecular weight is 467 g/mol. The quantitative estimate of drug-likeness (QED) is 0.242. The number of rotatable bonds is 7. The van der Waals surface area contributed by atoms with Gasteiger partial charge in [0, 0.05) is 4.47 Å². The minimum Gasteiger partial charge on any atom is -0.493 e. The fourth-order valence-electron chi connectivity index (χ4n) is 2.59. The number of amides is 1. The van der Waals surface area contributed by atoms with E-state index in [1.54, 1.807) is 42.5 Å². The van der Waals surface area contributed by atoms with Crippen molar-refractivity contribution in [1.82, 2.24) is 5.43 Å². The Morgan fingerprint density at radius 2 is 1.73 bits per heavy atom. The molecule has 0 unspecified atom stereocenters. The largest absolute Gasteiger partial charge is 0.493 e. The maximum absolute atomic E-state index is 12.2. The molecule has 0 aromatic heterocycles. The smallest absolute Gasteiger partial charge is 0.343 e. The van der Waals surface area contributed by atoms with Gasteiger partial charge in [-0.2, -0.15) is 5.10 Å². The summed E-state index contributed by atoms with van der Waals surface area (Å²) >= 11 is 3.36. The van der Waals surface area contributed by atoms with Crippen molar-refractivity contribution >= 4 is 34.0 Å². The second kappa shape index (κ2) is 10.4. The molecule has 152 valence electrons. The van der Waals surface area contributed by atoms with Crippen LogP contribution in [-0.2, 0) is 11.2 Å². The van der Waals surface area contributed by atoms with Gasteiger partial charge in [-0.3, -0.25) is 4.79 Å². The summed E-state index contributed by atoms with van der Waals surface area (Å²) in [5, 5.41) is 3.97. The maximum Gasteiger partial charge on any atom is 0.343 e. The number of hydrazone groups is 1. The van der Waals surface area contributed by atoms with Crippen LogP contribution in [0.5, 0.6) is 11.5 Å². The van der Waals surface area contributed by atoms with Crippen molar-refractivity contribution in [2.24, 2.45) is 5.10 Å². The van der Waals surface area contributed by atoms with Gasteiger partial charge in [-0.05, 0) is 53.6 Å². The molecular formula is C23H19BrN2O4. The molecule has 3 rings (SSSR count). The lowest BCUT2D eigenvalue weighted by molar-refractivity contribution is -0.120. The summed E-state index contributed by atoms with van der Waals surface area (Å²) in [4.78, 5) is 24.2. The Balaban J connectivity index is 1.60. The van der Waals surface area contributed by atoms with E-state index in [0.29, 0.717) is 22.6 Å². The van der Waals surface area contributed by atoms with E-state index in [4.69, 9.17) is 9.47 Å². The van der Waals surface area contributed by atoms with E-state index in [2.05, 4.69) is 26.5 Å². The highest BCUT2D eigenvalue weighted by Gasteiger charge is 2.12. The molecule has 0 saturated heterocycles. The third kappa shape index (κ3) is 6.02. The Bertz CT molecular complexity index is 1050. The monoisotopic (exact) mass is 466 g/mol. The van der Waals surface area contributed by atoms with E-state index >= 15 is 0 Å². The van der Waals surface area contributed by atoms with Crippen LogP contribution < -0.4 is 14.9 Å². The Morgan fingerprint density at radius 3 is 2.43 bits per heavy atom. The van der Waals surface area contributed by atoms with E-state index in [1.807, 2.05) is 30.3 Å². The molecule has 30 heavy (non-hydrogen) atoms. The molecule has 0 aliphatic carbocycles. The molecule has 7 heteroatoms. The molecule has 3 aromatic rings. The lowest BCUT2D eigenvalue weighted by Crippen LogP contribution is -2.19. The van der Waals surface area contributed by atoms with Crippen LogP contribution in [0.3, 0.4) is 0 Å². The number of hydrogen-bond donors (Lipinski definition) is 1. The summed E-state index contributed by atoms with van der Waals surface area (Å²) in [5.41, 5.74) is 4.50. The summed E-state index contributed by atoms with van der Waals surface area (Å²) < 4.78 is 11.7. The second-order valence-electron chi connectivity index (χ2n) is 6.26. The number of ether oxygens (including phenoxy) is 2. The van der Waals surface area contributed by atoms with Gasteiger partial charge in [-0.1, -0.05) is 46.3 Å². The van der Waals surface area contributed by atoms with Gasteiger partial charge in [-0.15, -0.1) is 0 Å². The summed E-state index contributed by atoms with van der Waals surface area (Å²) in [6.07, 6.45) is 1.72. The lowest BCUT2D eigenvalue weighted by atomic mass is 10.1. The fourth-order valence-corrected chi connectivity index (χ4v) is 2.85. The van der Waals surface area contributed by atoms with Crippen LogP contribution in [-0.4, -0.2) is 25.2 Å². The number of methoxy groups -OCH3 is 1. The van der Waals surface area contributed by atoms with Crippen LogP contribution >= 0.6 is 15.9 Å². The highest BCUT2D eigenvalue weighted by molar-refractivity contribution is 9.10. The highest BCUT2D eigenvalue weighted by Crippen LogP contribution is 2.28. The van der Waals surface area contributed by atoms with Crippen LogP contribution in [0.25, 0.3) is 0 Å². The number of carbonyl (C=O) groups is 2. The number of benzene rings is 3. The molecule has 0 saturated carbocycles. The van der Waals surface area contributed by atoms with E-state index in [-0.39, 0.29) is 12.3 Å². The molecule has 3 aromatic carbocycles. The van der Waals surface area contributed by atoms with Gasteiger partial charge >= 0.3 is 5.97 Å². The first-order valence-electron chi connectivity index (χ1n) is 9.07. The normalized spacial score (nSPS) is 10.6. The Labute approximate surface area is 182 Å². The summed E-state index contributed by atoms with van der Waals surface area (Å²) in [6.45, 7) is 0. The first-order valence-corrected chi connectivity index (χ1v) is 9.86. The van der Waals surface area contributed by atoms with E-state index < -0.39 is 5.97 Å². The number of nitrogens with zero attached hydrogens (tertiary/aromatic N) is 1. The van der Waals surface area contributed by atoms with Crippen molar-refractivity contribution in [2.45, 2.75) is 6.42 Å². The van der Waals surface area contributed by atoms with Gasteiger partial charge in [0.05, 0.1) is 25.3 Å². The van der Waals surface area contributed by atoms with Crippen molar-refractivity contribution in [3.8, 4) is 11.5 Å². The zero-order valence-electron chi connectivity index (χ0n) is 16.2. The van der Waals surface area contributed by atoms with Crippen LogP contribution in [0, 0.1) is 0 Å². The molecule has 0 aliphatic heterocycles. The lowest BCUT2D eigenvalue weighted by Gasteiger charge is -2.10. The Kier molecular flexibility index (Phi) is 7.34. The zero-order valence-corrected chi connectivity index (χ0v) is 17.8. The minimum atomic E-state index is -0.476. The number of nitrogens with one attached hydrogen (secondary N) is 1. The number of hydrogen-bond acceptors (Lipinski definition) is 5. The third-order valence-corrected chi connectivity index (χ3v) is 4.61. The molecule has 1 N–H and O–H groups in total. The van der Waals surface area contributed by atoms with Gasteiger partial charge in [0.1, 0.15) is 0 Å². The molecular weight excluding hydrogens is 448 g/mol. The van der Waals surface area contributed by atoms with Gasteiger partial charge < -0.3 is 9.47 Å². The third-order valence-electron chi connectivity index (χ3n) is 4.08. The molecule has 0 atom stereocenters. The number of halogens is 1. The predicted molar refractivity (Wildman–Crippen MR) is 118 cm³/mol. The van der Waals surface area contributed by atoms with Crippen molar-refractivity contribution in [1.29, 1.82) is 0 Å². The van der Waals surface area contributed by atoms with Crippen molar-refractivity contribution in [3.63, 3.8) is 0 Å². The highest BCUT2D eigenvalue weighted by atomic mass is 79.9. The average Bonchev–Trinajstić information content (AvgIpc) is 2.77. The molecule has 0 aliphatic rings. The first kappa shape index (κ1) is 21.3. The van der Waals surface area contributed by atoms with E-state index in [1.165, 1.54) is 13.3 Å². The molecule has 6 nitrogen and oxygen atoms in total. The molecule has 0 spiro atoms. The summed E-state index contributed by atoms with van der Waals surface area (Å²) in [6, 6.07) is 21.2. The molecule has 0 bridgehead atoms. The van der Waals surface area contributed by atoms with Crippen molar-refractivity contribution < 1.29 is 19.1 Å². The van der Waals surface area contributed by atoms with Gasteiger partial charge in [0.15, 0.2) is 11.5 Å². The number of esters is 1. The topological polar surface area (TPSA) is 77.0 Å². The van der Waals surface area contributed by atoms with Crippen LogP contribution in [0.2, 0.25) is 0 Å². The molecule has 1 amide bonds. The fraction of sp³-hybridized carbons (Fsp3) is 0.0870. The Morgan fingerprint density at radius 1 is 1.00 bits per heavy atom. The SMILES string of the molecule is COc1cc(C=NNC(=O)Cc2ccc(Br)cc2)ccc1OC(=O)c1ccccc1. The predicted octanol–water partition coefficient (Wildman–Crippen LogP) is 4.37. The molecule has 0 radical (unpaired) electrons. The van der Waals surface area contributed by atoms with Crippen LogP contribution in [0.4, 0.5) is 0 Å². The number of carbonyl (C=O) groups excluding carboxylic acids is 2.